The van der Waals surface area contributed by atoms with E-state index in [4.69, 9.17) is 11.6 Å². The second-order valence-electron chi connectivity index (χ2n) is 5.07. The van der Waals surface area contributed by atoms with Crippen LogP contribution in [0.5, 0.6) is 0 Å². The van der Waals surface area contributed by atoms with E-state index in [0.29, 0.717) is 10.8 Å². The highest BCUT2D eigenvalue weighted by Gasteiger charge is 2.14. The van der Waals surface area contributed by atoms with Gasteiger partial charge in [-0.15, -0.1) is 11.8 Å². The minimum absolute atomic E-state index is 0.194. The Morgan fingerprint density at radius 1 is 1.22 bits per heavy atom. The molecular weight excluding hydrogens is 340 g/mol. The molecule has 0 spiro atoms. The van der Waals surface area contributed by atoms with Crippen LogP contribution in [0.25, 0.3) is 0 Å². The van der Waals surface area contributed by atoms with Crippen molar-refractivity contribution in [3.8, 4) is 0 Å². The predicted molar refractivity (Wildman–Crippen MR) is 90.5 cm³/mol. The monoisotopic (exact) mass is 355 g/mol. The van der Waals surface area contributed by atoms with Crippen LogP contribution in [0.3, 0.4) is 0 Å². The molecule has 0 heterocycles. The maximum atomic E-state index is 13.6. The summed E-state index contributed by atoms with van der Waals surface area (Å²) >= 11 is 7.26. The Morgan fingerprint density at radius 2 is 1.91 bits per heavy atom. The number of benzene rings is 2. The molecule has 1 amide bonds. The van der Waals surface area contributed by atoms with Crippen LogP contribution in [0.1, 0.15) is 24.1 Å². The van der Waals surface area contributed by atoms with Crippen molar-refractivity contribution in [3.05, 3.63) is 70.2 Å². The summed E-state index contributed by atoms with van der Waals surface area (Å²) in [5, 5.41) is 3.38. The largest absolute Gasteiger partial charge is 0.349 e. The highest BCUT2D eigenvalue weighted by Crippen LogP contribution is 2.19. The molecule has 2 rings (SSSR count). The van der Waals surface area contributed by atoms with E-state index in [9.17, 15) is 13.6 Å². The number of nitrogens with one attached hydrogen (secondary N) is 1. The molecule has 0 fully saturated rings. The molecule has 6 heteroatoms. The second-order valence-corrected chi connectivity index (χ2v) is 6.50. The average molecular weight is 356 g/mol. The molecule has 2 aromatic rings. The molecule has 0 saturated heterocycles. The molecule has 0 saturated carbocycles. The Labute approximate surface area is 143 Å². The van der Waals surface area contributed by atoms with Crippen molar-refractivity contribution < 1.29 is 13.6 Å². The van der Waals surface area contributed by atoms with E-state index in [1.165, 1.54) is 23.9 Å². The van der Waals surface area contributed by atoms with Gasteiger partial charge in [0.05, 0.1) is 11.8 Å². The molecule has 0 radical (unpaired) electrons. The fraction of sp³-hybridized carbons (Fsp3) is 0.235. The van der Waals surface area contributed by atoms with Gasteiger partial charge in [0.15, 0.2) is 0 Å². The van der Waals surface area contributed by atoms with E-state index in [2.05, 4.69) is 5.32 Å². The zero-order valence-electron chi connectivity index (χ0n) is 12.5. The summed E-state index contributed by atoms with van der Waals surface area (Å²) < 4.78 is 26.5. The van der Waals surface area contributed by atoms with E-state index < -0.39 is 17.7 Å². The fourth-order valence-corrected chi connectivity index (χ4v) is 2.98. The molecule has 0 bridgehead atoms. The minimum atomic E-state index is -0.661. The third kappa shape index (κ3) is 5.52. The van der Waals surface area contributed by atoms with Crippen molar-refractivity contribution in [2.45, 2.75) is 18.7 Å². The van der Waals surface area contributed by atoms with Crippen LogP contribution in [-0.4, -0.2) is 11.7 Å². The third-order valence-corrected chi connectivity index (χ3v) is 4.48. The molecular formula is C17H16ClF2NOS. The summed E-state index contributed by atoms with van der Waals surface area (Å²) in [4.78, 5) is 11.9. The summed E-state index contributed by atoms with van der Waals surface area (Å²) in [7, 11) is 0. The first kappa shape index (κ1) is 17.8. The van der Waals surface area contributed by atoms with Crippen LogP contribution in [-0.2, 0) is 10.5 Å². The smallest absolute Gasteiger partial charge is 0.230 e. The van der Waals surface area contributed by atoms with Gasteiger partial charge in [-0.2, -0.15) is 0 Å². The maximum absolute atomic E-state index is 13.6. The second kappa shape index (κ2) is 8.31. The van der Waals surface area contributed by atoms with Gasteiger partial charge in [0, 0.05) is 22.4 Å². The topological polar surface area (TPSA) is 29.1 Å². The Bertz CT molecular complexity index is 679. The summed E-state index contributed by atoms with van der Waals surface area (Å²) in [6.45, 7) is 1.66. The Balaban J connectivity index is 1.81. The van der Waals surface area contributed by atoms with Gasteiger partial charge in [0.1, 0.15) is 11.6 Å². The maximum Gasteiger partial charge on any atom is 0.230 e. The van der Waals surface area contributed by atoms with Crippen molar-refractivity contribution in [1.29, 1.82) is 0 Å². The van der Waals surface area contributed by atoms with Crippen LogP contribution >= 0.6 is 23.4 Å². The highest BCUT2D eigenvalue weighted by atomic mass is 35.5. The molecule has 0 aromatic heterocycles. The van der Waals surface area contributed by atoms with E-state index in [0.717, 1.165) is 11.6 Å². The van der Waals surface area contributed by atoms with Crippen molar-refractivity contribution in [2.75, 3.05) is 5.75 Å². The van der Waals surface area contributed by atoms with E-state index >= 15 is 0 Å². The van der Waals surface area contributed by atoms with Crippen LogP contribution in [0, 0.1) is 11.6 Å². The van der Waals surface area contributed by atoms with Crippen LogP contribution in [0.15, 0.2) is 42.5 Å². The third-order valence-electron chi connectivity index (χ3n) is 3.22. The van der Waals surface area contributed by atoms with Gasteiger partial charge in [-0.05, 0) is 30.7 Å². The molecule has 23 heavy (non-hydrogen) atoms. The van der Waals surface area contributed by atoms with Crippen molar-refractivity contribution in [1.82, 2.24) is 5.32 Å². The van der Waals surface area contributed by atoms with Gasteiger partial charge in [-0.25, -0.2) is 8.78 Å². The summed E-state index contributed by atoms with van der Waals surface area (Å²) in [6.07, 6.45) is 0. The van der Waals surface area contributed by atoms with Gasteiger partial charge < -0.3 is 5.32 Å². The molecule has 2 aromatic carbocycles. The van der Waals surface area contributed by atoms with Gasteiger partial charge in [0.25, 0.3) is 0 Å². The number of hydrogen-bond acceptors (Lipinski definition) is 2. The lowest BCUT2D eigenvalue weighted by Gasteiger charge is -2.15. The SMILES string of the molecule is CC(NC(=O)CSCc1ccc(Cl)cc1)c1ccc(F)cc1F. The molecule has 122 valence electrons. The molecule has 1 atom stereocenters. The zero-order chi connectivity index (χ0) is 16.8. The summed E-state index contributed by atoms with van der Waals surface area (Å²) in [5.74, 6) is -0.547. The number of hydrogen-bond donors (Lipinski definition) is 1. The van der Waals surface area contributed by atoms with Crippen LogP contribution in [0.4, 0.5) is 8.78 Å². The van der Waals surface area contributed by atoms with E-state index in [1.807, 2.05) is 12.1 Å². The van der Waals surface area contributed by atoms with Crippen molar-refractivity contribution >= 4 is 29.3 Å². The normalized spacial score (nSPS) is 12.0. The lowest BCUT2D eigenvalue weighted by molar-refractivity contribution is -0.119. The van der Waals surface area contributed by atoms with Gasteiger partial charge >= 0.3 is 0 Å². The van der Waals surface area contributed by atoms with Crippen molar-refractivity contribution in [2.24, 2.45) is 0 Å². The Kier molecular flexibility index (Phi) is 6.42. The molecule has 1 N–H and O–H groups in total. The number of halogens is 3. The first-order valence-corrected chi connectivity index (χ1v) is 8.55. The van der Waals surface area contributed by atoms with Gasteiger partial charge in [-0.1, -0.05) is 29.8 Å². The number of carbonyl (C=O) groups excluding carboxylic acids is 1. The Morgan fingerprint density at radius 3 is 2.57 bits per heavy atom. The van der Waals surface area contributed by atoms with Crippen LogP contribution < -0.4 is 5.32 Å². The number of rotatable bonds is 6. The first-order chi connectivity index (χ1) is 11.0. The number of thioether (sulfide) groups is 1. The first-order valence-electron chi connectivity index (χ1n) is 7.02. The number of amides is 1. The standard InChI is InChI=1S/C17H16ClF2NOS/c1-11(15-7-6-14(19)8-16(15)20)21-17(22)10-23-9-12-2-4-13(18)5-3-12/h2-8,11H,9-10H2,1H3,(H,21,22). The summed E-state index contributed by atoms with van der Waals surface area (Å²) in [5.41, 5.74) is 1.34. The predicted octanol–water partition coefficient (Wildman–Crippen LogP) is 4.73. The van der Waals surface area contributed by atoms with Crippen molar-refractivity contribution in [3.63, 3.8) is 0 Å². The molecule has 2 nitrogen and oxygen atoms in total. The van der Waals surface area contributed by atoms with E-state index in [-0.39, 0.29) is 17.2 Å². The zero-order valence-corrected chi connectivity index (χ0v) is 14.1. The lowest BCUT2D eigenvalue weighted by atomic mass is 10.1. The van der Waals surface area contributed by atoms with Crippen LogP contribution in [0.2, 0.25) is 5.02 Å². The molecule has 0 aliphatic carbocycles. The Hall–Kier alpha value is -1.59. The molecule has 1 unspecified atom stereocenters. The quantitative estimate of drug-likeness (QED) is 0.811. The van der Waals surface area contributed by atoms with Gasteiger partial charge in [0.2, 0.25) is 5.91 Å². The average Bonchev–Trinajstić information content (AvgIpc) is 2.49. The molecule has 0 aliphatic heterocycles. The number of carbonyl (C=O) groups is 1. The highest BCUT2D eigenvalue weighted by molar-refractivity contribution is 7.99. The molecule has 0 aliphatic rings. The van der Waals surface area contributed by atoms with Gasteiger partial charge in [-0.3, -0.25) is 4.79 Å². The fourth-order valence-electron chi connectivity index (χ4n) is 2.06. The lowest BCUT2D eigenvalue weighted by Crippen LogP contribution is -2.28. The summed E-state index contributed by atoms with van der Waals surface area (Å²) in [6, 6.07) is 10.2. The minimum Gasteiger partial charge on any atom is -0.349 e. The van der Waals surface area contributed by atoms with E-state index in [1.54, 1.807) is 19.1 Å².